The minimum absolute atomic E-state index is 0.255. The molecule has 0 bridgehead atoms. The van der Waals surface area contributed by atoms with E-state index < -0.39 is 0 Å². The highest BCUT2D eigenvalue weighted by Crippen LogP contribution is 2.20. The maximum absolute atomic E-state index is 12.9. The Morgan fingerprint density at radius 3 is 2.55 bits per heavy atom. The molecule has 0 aliphatic heterocycles. The molecule has 0 radical (unpaired) electrons. The van der Waals surface area contributed by atoms with E-state index in [0.717, 1.165) is 5.56 Å². The smallest absolute Gasteiger partial charge is 0.124 e. The molecule has 0 atom stereocenters. The van der Waals surface area contributed by atoms with E-state index in [1.54, 1.807) is 37.3 Å². The second kappa shape index (κ2) is 6.39. The molecule has 0 heterocycles. The molecule has 0 unspecified atom stereocenters. The summed E-state index contributed by atoms with van der Waals surface area (Å²) in [4.78, 5) is 0. The van der Waals surface area contributed by atoms with E-state index in [0.29, 0.717) is 22.0 Å². The number of rotatable bonds is 4. The second-order valence-corrected chi connectivity index (χ2v) is 4.64. The van der Waals surface area contributed by atoms with Gasteiger partial charge in [0.05, 0.1) is 10.7 Å². The Hall–Kier alpha value is -2.07. The predicted octanol–water partition coefficient (Wildman–Crippen LogP) is 4.26. The van der Waals surface area contributed by atoms with E-state index >= 15 is 0 Å². The number of hydrogen-bond donors (Lipinski definition) is 1. The third kappa shape index (κ3) is 3.48. The van der Waals surface area contributed by atoms with Crippen LogP contribution in [-0.2, 0) is 6.61 Å². The maximum atomic E-state index is 12.9. The van der Waals surface area contributed by atoms with E-state index in [9.17, 15) is 4.39 Å². The molecule has 3 nitrogen and oxygen atoms in total. The third-order valence-electron chi connectivity index (χ3n) is 2.83. The van der Waals surface area contributed by atoms with Gasteiger partial charge in [0.2, 0.25) is 0 Å². The molecule has 0 saturated carbocycles. The van der Waals surface area contributed by atoms with Gasteiger partial charge in [-0.05, 0) is 48.9 Å². The van der Waals surface area contributed by atoms with Crippen LogP contribution in [0.25, 0.3) is 0 Å². The fourth-order valence-corrected chi connectivity index (χ4v) is 1.87. The van der Waals surface area contributed by atoms with Crippen molar-refractivity contribution in [2.75, 3.05) is 0 Å². The zero-order valence-corrected chi connectivity index (χ0v) is 11.6. The highest BCUT2D eigenvalue weighted by atomic mass is 35.5. The first-order valence-electron chi connectivity index (χ1n) is 5.96. The summed E-state index contributed by atoms with van der Waals surface area (Å²) in [6.07, 6.45) is 0. The largest absolute Gasteiger partial charge is 0.489 e. The summed E-state index contributed by atoms with van der Waals surface area (Å²) >= 11 is 5.92. The molecule has 0 spiro atoms. The molecule has 2 rings (SSSR count). The molecule has 0 aliphatic carbocycles. The highest BCUT2D eigenvalue weighted by Gasteiger charge is 2.04. The minimum Gasteiger partial charge on any atom is -0.489 e. The Balaban J connectivity index is 2.04. The number of halogens is 2. The van der Waals surface area contributed by atoms with Crippen molar-refractivity contribution in [1.82, 2.24) is 0 Å². The average molecular weight is 294 g/mol. The lowest BCUT2D eigenvalue weighted by molar-refractivity contribution is 0.306. The van der Waals surface area contributed by atoms with Gasteiger partial charge in [0.25, 0.3) is 0 Å². The molecule has 0 amide bonds. The van der Waals surface area contributed by atoms with Gasteiger partial charge in [-0.15, -0.1) is 0 Å². The van der Waals surface area contributed by atoms with Crippen molar-refractivity contribution in [2.24, 2.45) is 5.16 Å². The van der Waals surface area contributed by atoms with E-state index in [4.69, 9.17) is 21.5 Å². The van der Waals surface area contributed by atoms with Gasteiger partial charge in [-0.2, -0.15) is 0 Å². The minimum atomic E-state index is -0.373. The standard InChI is InChI=1S/C15H13ClFNO2/c1-10(18-19)11-3-6-14(7-4-11)20-9-12-2-5-13(17)8-15(12)16/h2-8,19H,9H2,1H3/b18-10+. The summed E-state index contributed by atoms with van der Waals surface area (Å²) in [7, 11) is 0. The third-order valence-corrected chi connectivity index (χ3v) is 3.18. The topological polar surface area (TPSA) is 41.8 Å². The van der Waals surface area contributed by atoms with E-state index in [2.05, 4.69) is 5.16 Å². The Bertz CT molecular complexity index is 626. The van der Waals surface area contributed by atoms with Crippen LogP contribution in [0.5, 0.6) is 5.75 Å². The fourth-order valence-electron chi connectivity index (χ4n) is 1.65. The van der Waals surface area contributed by atoms with Gasteiger partial charge in [0.1, 0.15) is 18.2 Å². The van der Waals surface area contributed by atoms with Crippen LogP contribution in [0.1, 0.15) is 18.1 Å². The van der Waals surface area contributed by atoms with Crippen LogP contribution in [0.2, 0.25) is 5.02 Å². The van der Waals surface area contributed by atoms with Crippen LogP contribution < -0.4 is 4.74 Å². The molecule has 0 saturated heterocycles. The number of oxime groups is 1. The molecule has 104 valence electrons. The molecular weight excluding hydrogens is 281 g/mol. The first kappa shape index (κ1) is 14.3. The summed E-state index contributed by atoms with van der Waals surface area (Å²) in [5, 5.41) is 12.1. The number of ether oxygens (including phenoxy) is 1. The first-order valence-corrected chi connectivity index (χ1v) is 6.34. The van der Waals surface area contributed by atoms with Crippen molar-refractivity contribution < 1.29 is 14.3 Å². The number of benzene rings is 2. The normalized spacial score (nSPS) is 11.4. The molecular formula is C15H13ClFNO2. The molecule has 0 fully saturated rings. The van der Waals surface area contributed by atoms with Crippen molar-refractivity contribution in [3.8, 4) is 5.75 Å². The summed E-state index contributed by atoms with van der Waals surface area (Å²) in [5.74, 6) is 0.279. The van der Waals surface area contributed by atoms with Crippen molar-refractivity contribution in [1.29, 1.82) is 0 Å². The second-order valence-electron chi connectivity index (χ2n) is 4.23. The predicted molar refractivity (Wildman–Crippen MR) is 76.2 cm³/mol. The summed E-state index contributed by atoms with van der Waals surface area (Å²) in [5.41, 5.74) is 2.04. The summed E-state index contributed by atoms with van der Waals surface area (Å²) in [6.45, 7) is 1.96. The van der Waals surface area contributed by atoms with Gasteiger partial charge in [-0.1, -0.05) is 22.8 Å². The van der Waals surface area contributed by atoms with Crippen LogP contribution in [0.15, 0.2) is 47.6 Å². The lowest BCUT2D eigenvalue weighted by Gasteiger charge is -2.08. The van der Waals surface area contributed by atoms with Crippen LogP contribution >= 0.6 is 11.6 Å². The van der Waals surface area contributed by atoms with Gasteiger partial charge in [-0.3, -0.25) is 0 Å². The SMILES string of the molecule is C/C(=N\O)c1ccc(OCc2ccc(F)cc2Cl)cc1. The zero-order chi connectivity index (χ0) is 14.5. The molecule has 20 heavy (non-hydrogen) atoms. The Morgan fingerprint density at radius 2 is 1.95 bits per heavy atom. The van der Waals surface area contributed by atoms with Crippen LogP contribution in [0.4, 0.5) is 4.39 Å². The van der Waals surface area contributed by atoms with E-state index in [-0.39, 0.29) is 12.4 Å². The Kier molecular flexibility index (Phi) is 4.58. The quantitative estimate of drug-likeness (QED) is 0.520. The zero-order valence-electron chi connectivity index (χ0n) is 10.8. The Morgan fingerprint density at radius 1 is 1.25 bits per heavy atom. The van der Waals surface area contributed by atoms with Crippen molar-refractivity contribution in [3.05, 3.63) is 64.4 Å². The summed E-state index contributed by atoms with van der Waals surface area (Å²) < 4.78 is 18.5. The van der Waals surface area contributed by atoms with E-state index in [1.807, 2.05) is 0 Å². The first-order chi connectivity index (χ1) is 9.60. The lowest BCUT2D eigenvalue weighted by atomic mass is 10.1. The summed E-state index contributed by atoms with van der Waals surface area (Å²) in [6, 6.07) is 11.3. The molecule has 1 N–H and O–H groups in total. The molecule has 0 aromatic heterocycles. The van der Waals surface area contributed by atoms with Crippen molar-refractivity contribution in [2.45, 2.75) is 13.5 Å². The van der Waals surface area contributed by atoms with Crippen molar-refractivity contribution >= 4 is 17.3 Å². The van der Waals surface area contributed by atoms with Crippen LogP contribution in [0.3, 0.4) is 0 Å². The van der Waals surface area contributed by atoms with Gasteiger partial charge in [-0.25, -0.2) is 4.39 Å². The van der Waals surface area contributed by atoms with Gasteiger partial charge in [0.15, 0.2) is 0 Å². The average Bonchev–Trinajstić information content (AvgIpc) is 2.46. The maximum Gasteiger partial charge on any atom is 0.124 e. The number of nitrogens with zero attached hydrogens (tertiary/aromatic N) is 1. The molecule has 2 aromatic carbocycles. The molecule has 5 heteroatoms. The van der Waals surface area contributed by atoms with E-state index in [1.165, 1.54) is 12.1 Å². The van der Waals surface area contributed by atoms with Crippen molar-refractivity contribution in [3.63, 3.8) is 0 Å². The van der Waals surface area contributed by atoms with Gasteiger partial charge >= 0.3 is 0 Å². The van der Waals surface area contributed by atoms with Crippen LogP contribution in [-0.4, -0.2) is 10.9 Å². The van der Waals surface area contributed by atoms with Gasteiger partial charge in [0, 0.05) is 5.56 Å². The van der Waals surface area contributed by atoms with Gasteiger partial charge < -0.3 is 9.94 Å². The Labute approximate surface area is 121 Å². The molecule has 0 aliphatic rings. The number of hydrogen-bond acceptors (Lipinski definition) is 3. The van der Waals surface area contributed by atoms with Crippen LogP contribution in [0, 0.1) is 5.82 Å². The lowest BCUT2D eigenvalue weighted by Crippen LogP contribution is -1.98. The monoisotopic (exact) mass is 293 g/mol. The highest BCUT2D eigenvalue weighted by molar-refractivity contribution is 6.31. The fraction of sp³-hybridized carbons (Fsp3) is 0.133. The molecule has 2 aromatic rings.